The van der Waals surface area contributed by atoms with Gasteiger partial charge in [-0.05, 0) is 26.2 Å². The van der Waals surface area contributed by atoms with Crippen molar-refractivity contribution in [3.05, 3.63) is 24.6 Å². The fraction of sp³-hybridized carbons (Fsp3) is 0.808. The summed E-state index contributed by atoms with van der Waals surface area (Å²) in [6, 6.07) is 0. The Hall–Kier alpha value is -1.29. The molecule has 0 saturated carbocycles. The molecule has 0 saturated heterocycles. The van der Waals surface area contributed by atoms with Crippen LogP contribution in [0.3, 0.4) is 0 Å². The molecule has 0 aromatic rings. The quantitative estimate of drug-likeness (QED) is 0.146. The maximum atomic E-state index is 11.5. The molecule has 2 N–H and O–H groups in total. The molecule has 0 aliphatic carbocycles. The van der Waals surface area contributed by atoms with E-state index in [0.717, 1.165) is 23.9 Å². The number of hydrogen-bond donors (Lipinski definition) is 2. The standard InChI is InChI=1S/C26H49N3O/c1-5-7-8-9-10-11-12-13-14-15-16-17-18-19-20-21-26-27-22-23-29(26,6-2)24(3)28-25(4)30/h18-19,22-24,26-27H,5-17,20-21H2,1-4H3/p+1/b19-18+. The predicted molar refractivity (Wildman–Crippen MR) is 130 cm³/mol. The van der Waals surface area contributed by atoms with Crippen molar-refractivity contribution >= 4 is 5.91 Å². The van der Waals surface area contributed by atoms with E-state index in [1.807, 2.05) is 0 Å². The minimum Gasteiger partial charge on any atom is -0.338 e. The molecule has 0 spiro atoms. The molecule has 4 nitrogen and oxygen atoms in total. The van der Waals surface area contributed by atoms with Gasteiger partial charge in [-0.2, -0.15) is 0 Å². The summed E-state index contributed by atoms with van der Waals surface area (Å²) in [5.74, 6) is 0.0411. The van der Waals surface area contributed by atoms with Crippen LogP contribution in [-0.2, 0) is 4.79 Å². The van der Waals surface area contributed by atoms with Gasteiger partial charge in [-0.15, -0.1) is 0 Å². The molecule has 1 aliphatic rings. The minimum atomic E-state index is 0.0411. The van der Waals surface area contributed by atoms with Crippen LogP contribution >= 0.6 is 0 Å². The first kappa shape index (κ1) is 26.7. The molecule has 1 amide bonds. The Morgan fingerprint density at radius 2 is 1.53 bits per heavy atom. The number of allylic oxidation sites excluding steroid dienone is 2. The largest absolute Gasteiger partial charge is 0.338 e. The molecule has 0 aromatic carbocycles. The van der Waals surface area contributed by atoms with Gasteiger partial charge in [0.25, 0.3) is 0 Å². The van der Waals surface area contributed by atoms with Crippen LogP contribution in [0.15, 0.2) is 24.6 Å². The zero-order valence-electron chi connectivity index (χ0n) is 20.4. The maximum absolute atomic E-state index is 11.5. The minimum absolute atomic E-state index is 0.0411. The number of nitrogens with one attached hydrogen (secondary N) is 2. The molecule has 0 bridgehead atoms. The summed E-state index contributed by atoms with van der Waals surface area (Å²) in [4.78, 5) is 11.5. The molecule has 1 aliphatic heterocycles. The lowest BCUT2D eigenvalue weighted by atomic mass is 10.1. The molecule has 0 radical (unpaired) electrons. The Morgan fingerprint density at radius 3 is 2.10 bits per heavy atom. The SMILES string of the molecule is CCCCCCCCCCCCC/C=C/CCC1NC=C[N+]1(CC)C(C)NC(C)=O. The number of hydrogen-bond acceptors (Lipinski definition) is 2. The lowest BCUT2D eigenvalue weighted by Gasteiger charge is -2.41. The highest BCUT2D eigenvalue weighted by atomic mass is 16.1. The highest BCUT2D eigenvalue weighted by molar-refractivity contribution is 5.72. The van der Waals surface area contributed by atoms with E-state index >= 15 is 0 Å². The molecule has 0 fully saturated rings. The average Bonchev–Trinajstić information content (AvgIpc) is 3.14. The van der Waals surface area contributed by atoms with Gasteiger partial charge in [-0.1, -0.05) is 83.3 Å². The van der Waals surface area contributed by atoms with Crippen LogP contribution in [0.5, 0.6) is 0 Å². The lowest BCUT2D eigenvalue weighted by molar-refractivity contribution is -0.923. The molecular formula is C26H50N3O+. The smallest absolute Gasteiger partial charge is 0.221 e. The van der Waals surface area contributed by atoms with Crippen LogP contribution in [0.25, 0.3) is 0 Å². The number of carbonyl (C=O) groups excluding carboxylic acids is 1. The first-order valence-corrected chi connectivity index (χ1v) is 12.8. The van der Waals surface area contributed by atoms with E-state index in [9.17, 15) is 4.79 Å². The Labute approximate surface area is 187 Å². The highest BCUT2D eigenvalue weighted by Gasteiger charge is 2.41. The monoisotopic (exact) mass is 420 g/mol. The van der Waals surface area contributed by atoms with Crippen molar-refractivity contribution in [1.82, 2.24) is 10.6 Å². The van der Waals surface area contributed by atoms with Gasteiger partial charge in [0.05, 0.1) is 12.7 Å². The van der Waals surface area contributed by atoms with E-state index in [0.29, 0.717) is 6.17 Å². The van der Waals surface area contributed by atoms with Crippen LogP contribution in [0.1, 0.15) is 118 Å². The molecule has 1 heterocycles. The first-order chi connectivity index (χ1) is 14.6. The van der Waals surface area contributed by atoms with Gasteiger partial charge in [0, 0.05) is 20.3 Å². The van der Waals surface area contributed by atoms with E-state index in [2.05, 4.69) is 56.0 Å². The summed E-state index contributed by atoms with van der Waals surface area (Å²) in [5, 5.41) is 6.59. The molecule has 3 unspecified atom stereocenters. The second kappa shape index (κ2) is 16.4. The summed E-state index contributed by atoms with van der Waals surface area (Å²) in [5.41, 5.74) is 0. The van der Waals surface area contributed by atoms with Crippen molar-refractivity contribution in [2.75, 3.05) is 6.54 Å². The molecule has 1 rings (SSSR count). The van der Waals surface area contributed by atoms with Crippen molar-refractivity contribution < 1.29 is 9.28 Å². The Bertz CT molecular complexity index is 503. The Balaban J connectivity index is 2.08. The van der Waals surface area contributed by atoms with Crippen LogP contribution in [0.2, 0.25) is 0 Å². The summed E-state index contributed by atoms with van der Waals surface area (Å²) in [6.45, 7) is 9.16. The third-order valence-corrected chi connectivity index (χ3v) is 6.65. The molecule has 174 valence electrons. The summed E-state index contributed by atoms with van der Waals surface area (Å²) in [6.07, 6.45) is 28.2. The fourth-order valence-corrected chi connectivity index (χ4v) is 4.69. The Morgan fingerprint density at radius 1 is 0.967 bits per heavy atom. The van der Waals surface area contributed by atoms with E-state index in [1.165, 1.54) is 77.0 Å². The van der Waals surface area contributed by atoms with Crippen LogP contribution in [0, 0.1) is 0 Å². The van der Waals surface area contributed by atoms with Crippen LogP contribution in [-0.4, -0.2) is 29.3 Å². The van der Waals surface area contributed by atoms with Crippen molar-refractivity contribution in [2.24, 2.45) is 0 Å². The van der Waals surface area contributed by atoms with E-state index in [4.69, 9.17) is 0 Å². The van der Waals surface area contributed by atoms with Gasteiger partial charge in [-0.3, -0.25) is 9.28 Å². The topological polar surface area (TPSA) is 41.1 Å². The van der Waals surface area contributed by atoms with E-state index in [-0.39, 0.29) is 12.1 Å². The van der Waals surface area contributed by atoms with E-state index in [1.54, 1.807) is 6.92 Å². The van der Waals surface area contributed by atoms with Gasteiger partial charge in [-0.25, -0.2) is 0 Å². The van der Waals surface area contributed by atoms with E-state index < -0.39 is 0 Å². The van der Waals surface area contributed by atoms with Crippen LogP contribution in [0.4, 0.5) is 0 Å². The average molecular weight is 421 g/mol. The number of unbranched alkanes of at least 4 members (excludes halogenated alkanes) is 11. The van der Waals surface area contributed by atoms with Crippen molar-refractivity contribution in [2.45, 2.75) is 130 Å². The van der Waals surface area contributed by atoms with Gasteiger partial charge < -0.3 is 10.6 Å². The second-order valence-electron chi connectivity index (χ2n) is 9.06. The molecule has 0 aromatic heterocycles. The fourth-order valence-electron chi connectivity index (χ4n) is 4.69. The van der Waals surface area contributed by atoms with Crippen molar-refractivity contribution in [1.29, 1.82) is 0 Å². The summed E-state index contributed by atoms with van der Waals surface area (Å²) >= 11 is 0. The molecule has 3 atom stereocenters. The summed E-state index contributed by atoms with van der Waals surface area (Å²) in [7, 11) is 0. The van der Waals surface area contributed by atoms with Crippen molar-refractivity contribution in [3.63, 3.8) is 0 Å². The number of carbonyl (C=O) groups is 1. The number of amides is 1. The molecule has 4 heteroatoms. The van der Waals surface area contributed by atoms with Gasteiger partial charge in [0.1, 0.15) is 6.20 Å². The zero-order valence-corrected chi connectivity index (χ0v) is 20.4. The lowest BCUT2D eigenvalue weighted by Crippen LogP contribution is -2.62. The number of quaternary nitrogens is 1. The van der Waals surface area contributed by atoms with Gasteiger partial charge in [0.2, 0.25) is 5.91 Å². The zero-order chi connectivity index (χ0) is 22.1. The van der Waals surface area contributed by atoms with Gasteiger partial charge >= 0.3 is 0 Å². The summed E-state index contributed by atoms with van der Waals surface area (Å²) < 4.78 is 0.784. The first-order valence-electron chi connectivity index (χ1n) is 12.8. The molecular weight excluding hydrogens is 370 g/mol. The highest BCUT2D eigenvalue weighted by Crippen LogP contribution is 2.25. The Kier molecular flexibility index (Phi) is 14.6. The molecule has 30 heavy (non-hydrogen) atoms. The third-order valence-electron chi connectivity index (χ3n) is 6.65. The maximum Gasteiger partial charge on any atom is 0.221 e. The predicted octanol–water partition coefficient (Wildman–Crippen LogP) is 6.74. The normalized spacial score (nSPS) is 21.8. The van der Waals surface area contributed by atoms with Crippen LogP contribution < -0.4 is 10.6 Å². The second-order valence-corrected chi connectivity index (χ2v) is 9.06. The third kappa shape index (κ3) is 10.1. The number of nitrogens with zero attached hydrogens (tertiary/aromatic N) is 1. The van der Waals surface area contributed by atoms with Crippen molar-refractivity contribution in [3.8, 4) is 0 Å². The van der Waals surface area contributed by atoms with Gasteiger partial charge in [0.15, 0.2) is 12.3 Å². The number of rotatable bonds is 18.